The Bertz CT molecular complexity index is 378. The molecular formula is C10H13N3O2. The minimum atomic E-state index is -0.882. The first kappa shape index (κ1) is 11.3. The molecule has 0 saturated carbocycles. The molecular weight excluding hydrogens is 194 g/mol. The second-order valence-corrected chi connectivity index (χ2v) is 3.24. The summed E-state index contributed by atoms with van der Waals surface area (Å²) >= 11 is 0. The molecule has 0 bridgehead atoms. The van der Waals surface area contributed by atoms with Gasteiger partial charge in [-0.1, -0.05) is 5.92 Å². The van der Waals surface area contributed by atoms with Crippen LogP contribution in [0.2, 0.25) is 0 Å². The molecule has 0 unspecified atom stereocenters. The lowest BCUT2D eigenvalue weighted by atomic mass is 10.4. The highest BCUT2D eigenvalue weighted by molar-refractivity contribution is 5.69. The molecule has 0 fully saturated rings. The van der Waals surface area contributed by atoms with Crippen molar-refractivity contribution in [2.24, 2.45) is 7.05 Å². The van der Waals surface area contributed by atoms with E-state index in [2.05, 4.69) is 10.9 Å². The van der Waals surface area contributed by atoms with E-state index < -0.39 is 5.97 Å². The molecule has 0 spiro atoms. The maximum absolute atomic E-state index is 10.6. The second-order valence-electron chi connectivity index (χ2n) is 3.24. The van der Waals surface area contributed by atoms with Gasteiger partial charge in [0.1, 0.15) is 0 Å². The van der Waals surface area contributed by atoms with Gasteiger partial charge in [-0.3, -0.25) is 9.69 Å². The molecule has 0 atom stereocenters. The standard InChI is InChI=1S/C10H13N3O2/c1-3-4-13(7-10(14)15)6-9-5-11-8-12(9)2/h1,5,8H,4,6-7H2,2H3,(H,14,15). The summed E-state index contributed by atoms with van der Waals surface area (Å²) in [6, 6.07) is 0. The van der Waals surface area contributed by atoms with Crippen LogP contribution >= 0.6 is 0 Å². The molecule has 5 heteroatoms. The largest absolute Gasteiger partial charge is 0.480 e. The van der Waals surface area contributed by atoms with E-state index in [0.29, 0.717) is 13.1 Å². The molecule has 0 radical (unpaired) electrons. The molecule has 1 rings (SSSR count). The van der Waals surface area contributed by atoms with Gasteiger partial charge in [0.2, 0.25) is 0 Å². The molecule has 0 aliphatic rings. The predicted octanol–water partition coefficient (Wildman–Crippen LogP) is -0.0601. The van der Waals surface area contributed by atoms with Crippen LogP contribution in [0.4, 0.5) is 0 Å². The molecule has 0 aromatic carbocycles. The van der Waals surface area contributed by atoms with E-state index in [1.807, 2.05) is 11.6 Å². The fraction of sp³-hybridized carbons (Fsp3) is 0.400. The number of carboxylic acids is 1. The number of terminal acetylenes is 1. The number of aliphatic carboxylic acids is 1. The van der Waals surface area contributed by atoms with E-state index in [-0.39, 0.29) is 6.54 Å². The van der Waals surface area contributed by atoms with Crippen LogP contribution in [0.15, 0.2) is 12.5 Å². The Hall–Kier alpha value is -1.80. The summed E-state index contributed by atoms with van der Waals surface area (Å²) in [7, 11) is 1.86. The van der Waals surface area contributed by atoms with E-state index in [1.165, 1.54) is 0 Å². The number of hydrogen-bond acceptors (Lipinski definition) is 3. The van der Waals surface area contributed by atoms with Gasteiger partial charge in [0, 0.05) is 19.8 Å². The van der Waals surface area contributed by atoms with Gasteiger partial charge < -0.3 is 9.67 Å². The van der Waals surface area contributed by atoms with Crippen LogP contribution in [0.25, 0.3) is 0 Å². The Kier molecular flexibility index (Phi) is 3.89. The average molecular weight is 207 g/mol. The summed E-state index contributed by atoms with van der Waals surface area (Å²) in [5, 5.41) is 8.68. The van der Waals surface area contributed by atoms with E-state index in [9.17, 15) is 4.79 Å². The van der Waals surface area contributed by atoms with Crippen LogP contribution in [0.5, 0.6) is 0 Å². The third-order valence-corrected chi connectivity index (χ3v) is 1.98. The highest BCUT2D eigenvalue weighted by atomic mass is 16.4. The maximum atomic E-state index is 10.6. The monoisotopic (exact) mass is 207 g/mol. The summed E-state index contributed by atoms with van der Waals surface area (Å²) in [6.45, 7) is 0.750. The Morgan fingerprint density at radius 3 is 3.00 bits per heavy atom. The summed E-state index contributed by atoms with van der Waals surface area (Å²) in [4.78, 5) is 16.2. The summed E-state index contributed by atoms with van der Waals surface area (Å²) in [5.41, 5.74) is 0.937. The van der Waals surface area contributed by atoms with Crippen molar-refractivity contribution in [3.05, 3.63) is 18.2 Å². The number of aromatic nitrogens is 2. The first-order valence-electron chi connectivity index (χ1n) is 4.46. The van der Waals surface area contributed by atoms with Gasteiger partial charge >= 0.3 is 5.97 Å². The smallest absolute Gasteiger partial charge is 0.317 e. The third-order valence-electron chi connectivity index (χ3n) is 1.98. The first-order valence-corrected chi connectivity index (χ1v) is 4.46. The van der Waals surface area contributed by atoms with E-state index in [4.69, 9.17) is 11.5 Å². The van der Waals surface area contributed by atoms with Crippen LogP contribution < -0.4 is 0 Å². The SMILES string of the molecule is C#CCN(CC(=O)O)Cc1cncn1C. The van der Waals surface area contributed by atoms with Crippen LogP contribution in [0.3, 0.4) is 0 Å². The minimum absolute atomic E-state index is 0.0601. The highest BCUT2D eigenvalue weighted by Crippen LogP contribution is 2.02. The highest BCUT2D eigenvalue weighted by Gasteiger charge is 2.10. The van der Waals surface area contributed by atoms with Gasteiger partial charge in [-0.25, -0.2) is 4.98 Å². The van der Waals surface area contributed by atoms with Crippen molar-refractivity contribution >= 4 is 5.97 Å². The number of imidazole rings is 1. The molecule has 1 heterocycles. The van der Waals surface area contributed by atoms with Gasteiger partial charge in [0.15, 0.2) is 0 Å². The zero-order chi connectivity index (χ0) is 11.3. The molecule has 0 amide bonds. The number of carbonyl (C=O) groups is 1. The Labute approximate surface area is 88.3 Å². The summed E-state index contributed by atoms with van der Waals surface area (Å²) in [6.07, 6.45) is 8.54. The number of carboxylic acid groups (broad SMARTS) is 1. The lowest BCUT2D eigenvalue weighted by Crippen LogP contribution is -2.30. The van der Waals surface area contributed by atoms with E-state index in [1.54, 1.807) is 17.4 Å². The summed E-state index contributed by atoms with van der Waals surface area (Å²) in [5.74, 6) is 1.56. The van der Waals surface area contributed by atoms with Crippen LogP contribution in [0.1, 0.15) is 5.69 Å². The lowest BCUT2D eigenvalue weighted by molar-refractivity contribution is -0.138. The third kappa shape index (κ3) is 3.44. The Morgan fingerprint density at radius 1 is 1.80 bits per heavy atom. The zero-order valence-corrected chi connectivity index (χ0v) is 8.55. The fourth-order valence-corrected chi connectivity index (χ4v) is 1.25. The van der Waals surface area contributed by atoms with Gasteiger partial charge in [-0.2, -0.15) is 0 Å². The van der Waals surface area contributed by atoms with Crippen molar-refractivity contribution in [2.45, 2.75) is 6.54 Å². The fourth-order valence-electron chi connectivity index (χ4n) is 1.25. The van der Waals surface area contributed by atoms with Crippen LogP contribution in [-0.4, -0.2) is 38.6 Å². The first-order chi connectivity index (χ1) is 7.13. The van der Waals surface area contributed by atoms with Gasteiger partial charge in [0.05, 0.1) is 25.1 Å². The van der Waals surface area contributed by atoms with Crippen LogP contribution in [0, 0.1) is 12.3 Å². The van der Waals surface area contributed by atoms with Crippen molar-refractivity contribution in [1.29, 1.82) is 0 Å². The van der Waals surface area contributed by atoms with Gasteiger partial charge in [-0.05, 0) is 0 Å². The number of rotatable bonds is 5. The quantitative estimate of drug-likeness (QED) is 0.687. The minimum Gasteiger partial charge on any atom is -0.480 e. The second kappa shape index (κ2) is 5.17. The topological polar surface area (TPSA) is 58.4 Å². The molecule has 1 aromatic heterocycles. The Morgan fingerprint density at radius 2 is 2.53 bits per heavy atom. The predicted molar refractivity (Wildman–Crippen MR) is 55.0 cm³/mol. The maximum Gasteiger partial charge on any atom is 0.317 e. The van der Waals surface area contributed by atoms with Crippen molar-refractivity contribution in [3.8, 4) is 12.3 Å². The number of nitrogens with zero attached hydrogens (tertiary/aromatic N) is 3. The molecule has 0 aliphatic carbocycles. The lowest BCUT2D eigenvalue weighted by Gasteiger charge is -2.16. The molecule has 1 aromatic rings. The molecule has 15 heavy (non-hydrogen) atoms. The van der Waals surface area contributed by atoms with Gasteiger partial charge in [-0.15, -0.1) is 6.42 Å². The molecule has 0 saturated heterocycles. The molecule has 80 valence electrons. The Balaban J connectivity index is 2.63. The van der Waals surface area contributed by atoms with Gasteiger partial charge in [0.25, 0.3) is 0 Å². The molecule has 1 N–H and O–H groups in total. The average Bonchev–Trinajstić information content (AvgIpc) is 2.51. The molecule has 5 nitrogen and oxygen atoms in total. The van der Waals surface area contributed by atoms with Crippen molar-refractivity contribution in [3.63, 3.8) is 0 Å². The van der Waals surface area contributed by atoms with E-state index in [0.717, 1.165) is 5.69 Å². The zero-order valence-electron chi connectivity index (χ0n) is 8.55. The van der Waals surface area contributed by atoms with Crippen LogP contribution in [-0.2, 0) is 18.4 Å². The normalized spacial score (nSPS) is 10.2. The number of aryl methyl sites for hydroxylation is 1. The summed E-state index contributed by atoms with van der Waals surface area (Å²) < 4.78 is 1.84. The molecule has 0 aliphatic heterocycles. The van der Waals surface area contributed by atoms with E-state index >= 15 is 0 Å². The van der Waals surface area contributed by atoms with Crippen molar-refractivity contribution in [1.82, 2.24) is 14.5 Å². The van der Waals surface area contributed by atoms with Crippen molar-refractivity contribution < 1.29 is 9.90 Å². The van der Waals surface area contributed by atoms with Crippen molar-refractivity contribution in [2.75, 3.05) is 13.1 Å². The number of hydrogen-bond donors (Lipinski definition) is 1.